The first-order chi connectivity index (χ1) is 5.79. The third-order valence-electron chi connectivity index (χ3n) is 2.21. The Morgan fingerprint density at radius 1 is 1.50 bits per heavy atom. The third kappa shape index (κ3) is 1.17. The largest absolute Gasteiger partial charge is 0.375 e. The fourth-order valence-corrected chi connectivity index (χ4v) is 1.59. The summed E-state index contributed by atoms with van der Waals surface area (Å²) in [6.07, 6.45) is 1.01. The van der Waals surface area contributed by atoms with Crippen LogP contribution >= 0.6 is 0 Å². The summed E-state index contributed by atoms with van der Waals surface area (Å²) in [6, 6.07) is 0.489. The SMILES string of the molecule is CC(C)N1NNC2=C1CCOC2. The highest BCUT2D eigenvalue weighted by Crippen LogP contribution is 2.21. The van der Waals surface area contributed by atoms with Gasteiger partial charge in [0.25, 0.3) is 0 Å². The molecule has 0 aromatic heterocycles. The van der Waals surface area contributed by atoms with Gasteiger partial charge in [0, 0.05) is 12.5 Å². The van der Waals surface area contributed by atoms with Gasteiger partial charge in [-0.05, 0) is 13.8 Å². The summed E-state index contributed by atoms with van der Waals surface area (Å²) in [5, 5.41) is 2.16. The molecule has 0 saturated heterocycles. The first kappa shape index (κ1) is 7.89. The van der Waals surface area contributed by atoms with E-state index in [1.54, 1.807) is 0 Å². The Labute approximate surface area is 72.5 Å². The van der Waals surface area contributed by atoms with E-state index in [-0.39, 0.29) is 0 Å². The van der Waals surface area contributed by atoms with E-state index in [2.05, 4.69) is 29.8 Å². The maximum atomic E-state index is 5.32. The molecule has 0 aromatic rings. The van der Waals surface area contributed by atoms with Crippen molar-refractivity contribution in [2.45, 2.75) is 26.3 Å². The molecular formula is C8H15N3O. The molecule has 2 N–H and O–H groups in total. The normalized spacial score (nSPS) is 23.1. The lowest BCUT2D eigenvalue weighted by molar-refractivity contribution is 0.133. The van der Waals surface area contributed by atoms with E-state index < -0.39 is 0 Å². The summed E-state index contributed by atoms with van der Waals surface area (Å²) >= 11 is 0. The molecule has 0 atom stereocenters. The van der Waals surface area contributed by atoms with Crippen molar-refractivity contribution in [2.75, 3.05) is 13.2 Å². The second-order valence-corrected chi connectivity index (χ2v) is 3.43. The van der Waals surface area contributed by atoms with Gasteiger partial charge in [0.1, 0.15) is 0 Å². The zero-order valence-corrected chi connectivity index (χ0v) is 7.55. The molecular weight excluding hydrogens is 154 g/mol. The van der Waals surface area contributed by atoms with E-state index >= 15 is 0 Å². The van der Waals surface area contributed by atoms with Gasteiger partial charge in [0.2, 0.25) is 0 Å². The molecule has 4 nitrogen and oxygen atoms in total. The summed E-state index contributed by atoms with van der Waals surface area (Å²) in [7, 11) is 0. The van der Waals surface area contributed by atoms with Crippen molar-refractivity contribution >= 4 is 0 Å². The minimum Gasteiger partial charge on any atom is -0.375 e. The van der Waals surface area contributed by atoms with E-state index in [0.29, 0.717) is 12.6 Å². The highest BCUT2D eigenvalue weighted by atomic mass is 16.5. The predicted molar refractivity (Wildman–Crippen MR) is 45.7 cm³/mol. The lowest BCUT2D eigenvalue weighted by Crippen LogP contribution is -2.42. The van der Waals surface area contributed by atoms with Crippen LogP contribution in [0.25, 0.3) is 0 Å². The summed E-state index contributed by atoms with van der Waals surface area (Å²) in [4.78, 5) is 0. The monoisotopic (exact) mass is 169 g/mol. The molecule has 0 aliphatic carbocycles. The van der Waals surface area contributed by atoms with Crippen molar-refractivity contribution in [3.05, 3.63) is 11.4 Å². The fourth-order valence-electron chi connectivity index (χ4n) is 1.59. The number of hydrazine groups is 2. The van der Waals surface area contributed by atoms with Crippen LogP contribution in [-0.2, 0) is 4.74 Å². The minimum atomic E-state index is 0.489. The van der Waals surface area contributed by atoms with Gasteiger partial charge in [0.05, 0.1) is 24.6 Å². The van der Waals surface area contributed by atoms with Gasteiger partial charge in [0.15, 0.2) is 0 Å². The molecule has 0 spiro atoms. The zero-order valence-electron chi connectivity index (χ0n) is 7.55. The average molecular weight is 169 g/mol. The number of nitrogens with one attached hydrogen (secondary N) is 2. The number of rotatable bonds is 1. The van der Waals surface area contributed by atoms with Gasteiger partial charge in [-0.3, -0.25) is 5.01 Å². The van der Waals surface area contributed by atoms with E-state index in [0.717, 1.165) is 13.0 Å². The topological polar surface area (TPSA) is 36.5 Å². The second-order valence-electron chi connectivity index (χ2n) is 3.43. The molecule has 0 radical (unpaired) electrons. The van der Waals surface area contributed by atoms with Crippen molar-refractivity contribution in [3.63, 3.8) is 0 Å². The van der Waals surface area contributed by atoms with Gasteiger partial charge >= 0.3 is 0 Å². The Morgan fingerprint density at radius 2 is 2.33 bits per heavy atom. The molecule has 12 heavy (non-hydrogen) atoms. The van der Waals surface area contributed by atoms with Crippen molar-refractivity contribution in [2.24, 2.45) is 0 Å². The van der Waals surface area contributed by atoms with Crippen LogP contribution in [0.1, 0.15) is 20.3 Å². The number of hydrogen-bond acceptors (Lipinski definition) is 4. The molecule has 2 aliphatic heterocycles. The molecule has 2 aliphatic rings. The molecule has 0 amide bonds. The second kappa shape index (κ2) is 2.95. The van der Waals surface area contributed by atoms with E-state index in [4.69, 9.17) is 4.74 Å². The van der Waals surface area contributed by atoms with E-state index in [9.17, 15) is 0 Å². The third-order valence-corrected chi connectivity index (χ3v) is 2.21. The van der Waals surface area contributed by atoms with Crippen LogP contribution in [0.15, 0.2) is 11.4 Å². The molecule has 0 fully saturated rings. The lowest BCUT2D eigenvalue weighted by Gasteiger charge is -2.26. The minimum absolute atomic E-state index is 0.489. The molecule has 0 unspecified atom stereocenters. The predicted octanol–water partition coefficient (Wildman–Crippen LogP) is 0.351. The van der Waals surface area contributed by atoms with Crippen molar-refractivity contribution in [1.29, 1.82) is 0 Å². The molecule has 2 rings (SSSR count). The molecule has 2 heterocycles. The Kier molecular flexibility index (Phi) is 1.94. The quantitative estimate of drug-likeness (QED) is 0.594. The van der Waals surface area contributed by atoms with Crippen LogP contribution in [0.4, 0.5) is 0 Å². The summed E-state index contributed by atoms with van der Waals surface area (Å²) in [5.74, 6) is 0. The maximum absolute atomic E-state index is 5.32. The number of ether oxygens (including phenoxy) is 1. The lowest BCUT2D eigenvalue weighted by atomic mass is 10.2. The van der Waals surface area contributed by atoms with E-state index in [1.807, 2.05) is 0 Å². The number of nitrogens with zero attached hydrogens (tertiary/aromatic N) is 1. The first-order valence-corrected chi connectivity index (χ1v) is 4.39. The summed E-state index contributed by atoms with van der Waals surface area (Å²) in [5.41, 5.74) is 8.80. The van der Waals surface area contributed by atoms with Crippen LogP contribution in [0.3, 0.4) is 0 Å². The summed E-state index contributed by atoms with van der Waals surface area (Å²) in [6.45, 7) is 5.89. The van der Waals surface area contributed by atoms with Crippen LogP contribution in [0, 0.1) is 0 Å². The highest BCUT2D eigenvalue weighted by molar-refractivity contribution is 5.17. The average Bonchev–Trinajstić information content (AvgIpc) is 2.47. The van der Waals surface area contributed by atoms with E-state index in [1.165, 1.54) is 11.4 Å². The van der Waals surface area contributed by atoms with Gasteiger partial charge in [-0.25, -0.2) is 0 Å². The Bertz CT molecular complexity index is 212. The number of hydrogen-bond donors (Lipinski definition) is 2. The first-order valence-electron chi connectivity index (χ1n) is 4.39. The van der Waals surface area contributed by atoms with Crippen molar-refractivity contribution in [1.82, 2.24) is 16.0 Å². The van der Waals surface area contributed by atoms with Crippen LogP contribution in [0.5, 0.6) is 0 Å². The van der Waals surface area contributed by atoms with Gasteiger partial charge in [-0.1, -0.05) is 0 Å². The Balaban J connectivity index is 2.16. The standard InChI is InChI=1S/C8H15N3O/c1-6(2)11-8-3-4-12-5-7(8)9-10-11/h6,9-10H,3-5H2,1-2H3. The molecule has 0 aromatic carbocycles. The van der Waals surface area contributed by atoms with Crippen molar-refractivity contribution < 1.29 is 4.74 Å². The van der Waals surface area contributed by atoms with Gasteiger partial charge in [-0.15, -0.1) is 5.53 Å². The van der Waals surface area contributed by atoms with Crippen LogP contribution in [-0.4, -0.2) is 24.3 Å². The van der Waals surface area contributed by atoms with Gasteiger partial charge in [-0.2, -0.15) is 0 Å². The summed E-state index contributed by atoms with van der Waals surface area (Å²) < 4.78 is 5.32. The fraction of sp³-hybridized carbons (Fsp3) is 0.750. The smallest absolute Gasteiger partial charge is 0.0895 e. The molecule has 0 bridgehead atoms. The highest BCUT2D eigenvalue weighted by Gasteiger charge is 2.25. The van der Waals surface area contributed by atoms with Crippen molar-refractivity contribution in [3.8, 4) is 0 Å². The molecule has 68 valence electrons. The van der Waals surface area contributed by atoms with Gasteiger partial charge < -0.3 is 10.2 Å². The zero-order chi connectivity index (χ0) is 8.55. The maximum Gasteiger partial charge on any atom is 0.0895 e. The van der Waals surface area contributed by atoms with Crippen LogP contribution < -0.4 is 11.0 Å². The van der Waals surface area contributed by atoms with Crippen LogP contribution in [0.2, 0.25) is 0 Å². The Hall–Kier alpha value is -0.740. The molecule has 4 heteroatoms. The Morgan fingerprint density at radius 3 is 3.08 bits per heavy atom. The molecule has 0 saturated carbocycles.